The average Bonchev–Trinajstić information content (AvgIpc) is 3.30. The highest BCUT2D eigenvalue weighted by Crippen LogP contribution is 2.41. The maximum absolute atomic E-state index is 13.0. The second-order valence-electron chi connectivity index (χ2n) is 6.97. The number of hydrogen-bond donors (Lipinski definition) is 1. The molecule has 0 unspecified atom stereocenters. The summed E-state index contributed by atoms with van der Waals surface area (Å²) in [7, 11) is 1.51. The molecule has 1 amide bonds. The van der Waals surface area contributed by atoms with Crippen molar-refractivity contribution in [3.63, 3.8) is 0 Å². The summed E-state index contributed by atoms with van der Waals surface area (Å²) >= 11 is 0. The fourth-order valence-electron chi connectivity index (χ4n) is 3.55. The number of furan rings is 1. The molecule has 7 heteroatoms. The van der Waals surface area contributed by atoms with Crippen LogP contribution in [0.3, 0.4) is 0 Å². The number of nitrogens with zero attached hydrogens (tertiary/aromatic N) is 2. The SMILES string of the molecule is COc1cccc(C(O)=C2C(=O)C(=O)N(Cc3cccnc3)[C@@H]2c2ccc(C)o2)c1. The molecule has 1 N–H and O–H groups in total. The molecule has 4 rings (SSSR count). The van der Waals surface area contributed by atoms with E-state index in [-0.39, 0.29) is 17.9 Å². The van der Waals surface area contributed by atoms with Crippen LogP contribution in [0, 0.1) is 6.92 Å². The van der Waals surface area contributed by atoms with Crippen LogP contribution in [0.25, 0.3) is 5.76 Å². The molecule has 0 saturated carbocycles. The van der Waals surface area contributed by atoms with Crippen LogP contribution in [0.1, 0.15) is 28.7 Å². The highest BCUT2D eigenvalue weighted by atomic mass is 16.5. The Balaban J connectivity index is 1.85. The maximum atomic E-state index is 13.0. The van der Waals surface area contributed by atoms with E-state index in [9.17, 15) is 14.7 Å². The van der Waals surface area contributed by atoms with Crippen molar-refractivity contribution in [1.82, 2.24) is 9.88 Å². The summed E-state index contributed by atoms with van der Waals surface area (Å²) in [5.74, 6) is -0.187. The number of hydrogen-bond acceptors (Lipinski definition) is 6. The van der Waals surface area contributed by atoms with Crippen LogP contribution in [0.5, 0.6) is 5.75 Å². The predicted octanol–water partition coefficient (Wildman–Crippen LogP) is 3.61. The number of aromatic nitrogens is 1. The Kier molecular flexibility index (Phi) is 5.10. The highest BCUT2D eigenvalue weighted by molar-refractivity contribution is 6.46. The molecule has 152 valence electrons. The van der Waals surface area contributed by atoms with E-state index in [1.54, 1.807) is 61.8 Å². The lowest BCUT2D eigenvalue weighted by Gasteiger charge is -2.23. The normalized spacial score (nSPS) is 18.1. The Morgan fingerprint density at radius 1 is 1.20 bits per heavy atom. The van der Waals surface area contributed by atoms with Gasteiger partial charge in [0.1, 0.15) is 29.1 Å². The zero-order valence-corrected chi connectivity index (χ0v) is 16.5. The van der Waals surface area contributed by atoms with Crippen molar-refractivity contribution >= 4 is 17.4 Å². The molecule has 30 heavy (non-hydrogen) atoms. The highest BCUT2D eigenvalue weighted by Gasteiger charge is 2.47. The van der Waals surface area contributed by atoms with Crippen molar-refractivity contribution in [2.24, 2.45) is 0 Å². The van der Waals surface area contributed by atoms with Gasteiger partial charge in [0.05, 0.1) is 12.7 Å². The molecule has 0 aliphatic carbocycles. The second-order valence-corrected chi connectivity index (χ2v) is 6.97. The molecular weight excluding hydrogens is 384 g/mol. The van der Waals surface area contributed by atoms with Gasteiger partial charge in [0.2, 0.25) is 0 Å². The smallest absolute Gasteiger partial charge is 0.296 e. The third kappa shape index (κ3) is 3.45. The molecule has 0 radical (unpaired) electrons. The predicted molar refractivity (Wildman–Crippen MR) is 109 cm³/mol. The number of ketones is 1. The van der Waals surface area contributed by atoms with Crippen LogP contribution in [0.4, 0.5) is 0 Å². The van der Waals surface area contributed by atoms with Crippen LogP contribution >= 0.6 is 0 Å². The number of carbonyl (C=O) groups excluding carboxylic acids is 2. The van der Waals surface area contributed by atoms with Gasteiger partial charge in [-0.1, -0.05) is 18.2 Å². The van der Waals surface area contributed by atoms with E-state index in [0.717, 1.165) is 5.56 Å². The van der Waals surface area contributed by atoms with Gasteiger partial charge in [0.15, 0.2) is 0 Å². The molecule has 1 fully saturated rings. The minimum absolute atomic E-state index is 0.0218. The third-order valence-electron chi connectivity index (χ3n) is 4.99. The first-order valence-electron chi connectivity index (χ1n) is 9.37. The number of rotatable bonds is 5. The maximum Gasteiger partial charge on any atom is 0.296 e. The van der Waals surface area contributed by atoms with Crippen molar-refractivity contribution in [2.45, 2.75) is 19.5 Å². The molecule has 0 spiro atoms. The number of likely N-dealkylation sites (tertiary alicyclic amines) is 1. The zero-order valence-electron chi connectivity index (χ0n) is 16.5. The summed E-state index contributed by atoms with van der Waals surface area (Å²) in [5.41, 5.74) is 1.11. The molecule has 1 atom stereocenters. The summed E-state index contributed by atoms with van der Waals surface area (Å²) in [6.07, 6.45) is 3.26. The standard InChI is InChI=1S/C23H20N2O5/c1-14-8-9-18(30-14)20-19(21(26)16-6-3-7-17(11-16)29-2)22(27)23(28)25(20)13-15-5-4-10-24-12-15/h3-12,20,26H,13H2,1-2H3/t20-/m1/s1. The number of methoxy groups -OCH3 is 1. The number of aryl methyl sites for hydroxylation is 1. The van der Waals surface area contributed by atoms with Crippen molar-refractivity contribution < 1.29 is 23.8 Å². The van der Waals surface area contributed by atoms with Crippen LogP contribution in [0.15, 0.2) is 70.9 Å². The largest absolute Gasteiger partial charge is 0.507 e. The summed E-state index contributed by atoms with van der Waals surface area (Å²) in [6, 6.07) is 12.9. The number of Topliss-reactive ketones (excluding diaryl/α,β-unsaturated/α-hetero) is 1. The van der Waals surface area contributed by atoms with Crippen LogP contribution < -0.4 is 4.74 Å². The van der Waals surface area contributed by atoms with Crippen molar-refractivity contribution in [3.05, 3.63) is 89.1 Å². The summed E-state index contributed by atoms with van der Waals surface area (Å²) in [4.78, 5) is 31.3. The zero-order chi connectivity index (χ0) is 21.3. The minimum Gasteiger partial charge on any atom is -0.507 e. The first-order chi connectivity index (χ1) is 14.5. The van der Waals surface area contributed by atoms with E-state index in [1.807, 2.05) is 6.07 Å². The van der Waals surface area contributed by atoms with Crippen molar-refractivity contribution in [1.29, 1.82) is 0 Å². The van der Waals surface area contributed by atoms with Gasteiger partial charge in [-0.2, -0.15) is 0 Å². The summed E-state index contributed by atoms with van der Waals surface area (Å²) in [5, 5.41) is 11.0. The molecule has 3 aromatic rings. The molecule has 1 aliphatic rings. The molecule has 1 aromatic carbocycles. The Hall–Kier alpha value is -3.87. The third-order valence-corrected chi connectivity index (χ3v) is 4.99. The van der Waals surface area contributed by atoms with Gasteiger partial charge in [0.25, 0.3) is 11.7 Å². The topological polar surface area (TPSA) is 92.9 Å². The number of pyridine rings is 1. The van der Waals surface area contributed by atoms with Crippen LogP contribution in [0.2, 0.25) is 0 Å². The van der Waals surface area contributed by atoms with E-state index in [2.05, 4.69) is 4.98 Å². The minimum atomic E-state index is -0.856. The fraction of sp³-hybridized carbons (Fsp3) is 0.174. The summed E-state index contributed by atoms with van der Waals surface area (Å²) in [6.45, 7) is 1.93. The van der Waals surface area contributed by atoms with Crippen LogP contribution in [-0.4, -0.2) is 33.8 Å². The van der Waals surface area contributed by atoms with Gasteiger partial charge in [-0.15, -0.1) is 0 Å². The lowest BCUT2D eigenvalue weighted by Crippen LogP contribution is -2.29. The summed E-state index contributed by atoms with van der Waals surface area (Å²) < 4.78 is 11.0. The van der Waals surface area contributed by atoms with Gasteiger partial charge in [-0.25, -0.2) is 0 Å². The molecule has 7 nitrogen and oxygen atoms in total. The monoisotopic (exact) mass is 404 g/mol. The Bertz CT molecular complexity index is 1130. The van der Waals surface area contributed by atoms with Crippen molar-refractivity contribution in [2.75, 3.05) is 7.11 Å². The number of ether oxygens (including phenoxy) is 1. The lowest BCUT2D eigenvalue weighted by atomic mass is 9.99. The quantitative estimate of drug-likeness (QED) is 0.397. The van der Waals surface area contributed by atoms with Gasteiger partial charge in [-0.05, 0) is 42.8 Å². The number of benzene rings is 1. The van der Waals surface area contributed by atoms with E-state index in [0.29, 0.717) is 22.8 Å². The van der Waals surface area contributed by atoms with E-state index in [4.69, 9.17) is 9.15 Å². The number of aliphatic hydroxyl groups excluding tert-OH is 1. The molecule has 1 aliphatic heterocycles. The Morgan fingerprint density at radius 3 is 2.70 bits per heavy atom. The Labute approximate surface area is 173 Å². The molecule has 0 bridgehead atoms. The van der Waals surface area contributed by atoms with Crippen LogP contribution in [-0.2, 0) is 16.1 Å². The lowest BCUT2D eigenvalue weighted by molar-refractivity contribution is -0.140. The van der Waals surface area contributed by atoms with Gasteiger partial charge < -0.3 is 19.2 Å². The van der Waals surface area contributed by atoms with Gasteiger partial charge in [0, 0.05) is 24.5 Å². The average molecular weight is 404 g/mol. The van der Waals surface area contributed by atoms with Gasteiger partial charge >= 0.3 is 0 Å². The van der Waals surface area contributed by atoms with E-state index in [1.165, 1.54) is 12.0 Å². The van der Waals surface area contributed by atoms with E-state index >= 15 is 0 Å². The first kappa shape index (κ1) is 19.4. The number of amides is 1. The number of carbonyl (C=O) groups is 2. The van der Waals surface area contributed by atoms with Gasteiger partial charge in [-0.3, -0.25) is 14.6 Å². The molecule has 3 heterocycles. The number of aliphatic hydroxyl groups is 1. The molecule has 1 saturated heterocycles. The Morgan fingerprint density at radius 2 is 2.03 bits per heavy atom. The molecule has 2 aromatic heterocycles. The second kappa shape index (κ2) is 7.87. The van der Waals surface area contributed by atoms with Crippen molar-refractivity contribution in [3.8, 4) is 5.75 Å². The van der Waals surface area contributed by atoms with E-state index < -0.39 is 17.7 Å². The first-order valence-corrected chi connectivity index (χ1v) is 9.37. The molecular formula is C23H20N2O5. The fourth-order valence-corrected chi connectivity index (χ4v) is 3.55.